The molecular formula is C11H18N4OS. The van der Waals surface area contributed by atoms with Gasteiger partial charge in [0, 0.05) is 23.7 Å². The number of aromatic nitrogens is 1. The number of nitrogens with one attached hydrogen (secondary N) is 2. The molecule has 17 heavy (non-hydrogen) atoms. The van der Waals surface area contributed by atoms with Crippen molar-refractivity contribution in [2.45, 2.75) is 19.9 Å². The van der Waals surface area contributed by atoms with Crippen LogP contribution in [-0.4, -0.2) is 28.9 Å². The fourth-order valence-electron chi connectivity index (χ4n) is 1.45. The van der Waals surface area contributed by atoms with Crippen molar-refractivity contribution < 1.29 is 4.79 Å². The number of nitrogen functional groups attached to an aromatic ring is 1. The van der Waals surface area contributed by atoms with Crippen molar-refractivity contribution in [2.75, 3.05) is 17.4 Å². The van der Waals surface area contributed by atoms with Crippen molar-refractivity contribution in [2.24, 2.45) is 5.84 Å². The number of hydrazine groups is 1. The molecule has 1 heterocycles. The first-order valence-electron chi connectivity index (χ1n) is 5.31. The summed E-state index contributed by atoms with van der Waals surface area (Å²) in [4.78, 5) is 16.1. The van der Waals surface area contributed by atoms with Crippen molar-refractivity contribution in [3.05, 3.63) is 23.5 Å². The second-order valence-electron chi connectivity index (χ2n) is 3.85. The minimum atomic E-state index is -0.160. The summed E-state index contributed by atoms with van der Waals surface area (Å²) in [6.07, 6.45) is 3.54. The van der Waals surface area contributed by atoms with Gasteiger partial charge < -0.3 is 10.7 Å². The van der Waals surface area contributed by atoms with E-state index in [1.54, 1.807) is 17.8 Å². The van der Waals surface area contributed by atoms with E-state index in [-0.39, 0.29) is 11.9 Å². The van der Waals surface area contributed by atoms with Crippen LogP contribution in [0.4, 0.5) is 5.69 Å². The molecule has 94 valence electrons. The molecule has 0 aliphatic rings. The van der Waals surface area contributed by atoms with Crippen LogP contribution >= 0.6 is 11.8 Å². The van der Waals surface area contributed by atoms with Gasteiger partial charge in [0.2, 0.25) is 0 Å². The molecule has 0 aromatic carbocycles. The summed E-state index contributed by atoms with van der Waals surface area (Å²) < 4.78 is 0. The fraction of sp³-hybridized carbons (Fsp3) is 0.455. The largest absolute Gasteiger partial charge is 0.349 e. The third-order valence-electron chi connectivity index (χ3n) is 2.23. The lowest BCUT2D eigenvalue weighted by molar-refractivity contribution is 0.0944. The molecule has 0 saturated heterocycles. The van der Waals surface area contributed by atoms with E-state index < -0.39 is 0 Å². The number of anilines is 1. The van der Waals surface area contributed by atoms with Crippen LogP contribution in [0.5, 0.6) is 0 Å². The first-order valence-corrected chi connectivity index (χ1v) is 6.71. The molecule has 1 atom stereocenters. The highest BCUT2D eigenvalue weighted by Gasteiger charge is 2.13. The van der Waals surface area contributed by atoms with Gasteiger partial charge in [-0.05, 0) is 26.2 Å². The minimum Gasteiger partial charge on any atom is -0.349 e. The number of carbonyl (C=O) groups excluding carboxylic acids is 1. The average molecular weight is 254 g/mol. The number of carbonyl (C=O) groups is 1. The summed E-state index contributed by atoms with van der Waals surface area (Å²) in [5.74, 6) is 6.10. The molecule has 0 radical (unpaired) electrons. The van der Waals surface area contributed by atoms with E-state index in [0.717, 1.165) is 11.4 Å². The Labute approximate surface area is 106 Å². The van der Waals surface area contributed by atoms with Crippen molar-refractivity contribution in [1.82, 2.24) is 10.3 Å². The van der Waals surface area contributed by atoms with Crippen LogP contribution in [0.2, 0.25) is 0 Å². The Morgan fingerprint density at radius 1 is 1.65 bits per heavy atom. The van der Waals surface area contributed by atoms with Gasteiger partial charge in [0.25, 0.3) is 5.91 Å². The normalized spacial score (nSPS) is 12.0. The Balaban J connectivity index is 2.81. The van der Waals surface area contributed by atoms with E-state index >= 15 is 0 Å². The number of aryl methyl sites for hydroxylation is 1. The Kier molecular flexibility index (Phi) is 5.24. The van der Waals surface area contributed by atoms with Gasteiger partial charge >= 0.3 is 0 Å². The second kappa shape index (κ2) is 6.46. The average Bonchev–Trinajstić information content (AvgIpc) is 2.28. The van der Waals surface area contributed by atoms with Gasteiger partial charge in [-0.3, -0.25) is 15.6 Å². The number of pyridine rings is 1. The number of hydrogen-bond donors (Lipinski definition) is 3. The maximum absolute atomic E-state index is 12.0. The van der Waals surface area contributed by atoms with E-state index in [4.69, 9.17) is 5.84 Å². The van der Waals surface area contributed by atoms with Gasteiger partial charge in [0.15, 0.2) is 0 Å². The highest BCUT2D eigenvalue weighted by molar-refractivity contribution is 7.98. The van der Waals surface area contributed by atoms with E-state index in [1.165, 1.54) is 6.20 Å². The van der Waals surface area contributed by atoms with Crippen LogP contribution in [0.1, 0.15) is 23.0 Å². The van der Waals surface area contributed by atoms with Crippen LogP contribution in [0.3, 0.4) is 0 Å². The molecule has 5 nitrogen and oxygen atoms in total. The fourth-order valence-corrected chi connectivity index (χ4v) is 2.04. The first-order chi connectivity index (χ1) is 8.08. The number of nitrogens with two attached hydrogens (primary N) is 1. The molecule has 1 aromatic heterocycles. The van der Waals surface area contributed by atoms with E-state index in [2.05, 4.69) is 15.7 Å². The Morgan fingerprint density at radius 2 is 2.35 bits per heavy atom. The van der Waals surface area contributed by atoms with Crippen LogP contribution < -0.4 is 16.6 Å². The summed E-state index contributed by atoms with van der Waals surface area (Å²) in [7, 11) is 0. The zero-order valence-corrected chi connectivity index (χ0v) is 11.1. The van der Waals surface area contributed by atoms with Crippen molar-refractivity contribution in [3.8, 4) is 0 Å². The lowest BCUT2D eigenvalue weighted by Gasteiger charge is -2.14. The molecule has 0 bridgehead atoms. The zero-order valence-electron chi connectivity index (χ0n) is 10.3. The summed E-state index contributed by atoms with van der Waals surface area (Å²) in [6.45, 7) is 3.81. The van der Waals surface area contributed by atoms with Crippen LogP contribution in [0.15, 0.2) is 12.3 Å². The topological polar surface area (TPSA) is 80.0 Å². The molecule has 0 aliphatic carbocycles. The molecule has 1 rings (SSSR count). The van der Waals surface area contributed by atoms with Gasteiger partial charge in [-0.15, -0.1) is 0 Å². The Bertz CT molecular complexity index is 397. The molecule has 0 spiro atoms. The maximum Gasteiger partial charge on any atom is 0.255 e. The molecule has 1 aromatic rings. The first kappa shape index (κ1) is 13.8. The minimum absolute atomic E-state index is 0.115. The quantitative estimate of drug-likeness (QED) is 0.542. The molecule has 0 saturated carbocycles. The van der Waals surface area contributed by atoms with Gasteiger partial charge in [0.1, 0.15) is 0 Å². The lowest BCUT2D eigenvalue weighted by atomic mass is 10.2. The summed E-state index contributed by atoms with van der Waals surface area (Å²) in [6, 6.07) is 1.86. The Morgan fingerprint density at radius 3 is 2.94 bits per heavy atom. The van der Waals surface area contributed by atoms with E-state index in [1.807, 2.05) is 20.1 Å². The van der Waals surface area contributed by atoms with Gasteiger partial charge in [-0.25, -0.2) is 0 Å². The van der Waals surface area contributed by atoms with Gasteiger partial charge in [-0.2, -0.15) is 11.8 Å². The molecule has 0 aliphatic heterocycles. The highest BCUT2D eigenvalue weighted by Crippen LogP contribution is 2.14. The van der Waals surface area contributed by atoms with Crippen molar-refractivity contribution in [1.29, 1.82) is 0 Å². The lowest BCUT2D eigenvalue weighted by Crippen LogP contribution is -2.35. The van der Waals surface area contributed by atoms with Gasteiger partial charge in [-0.1, -0.05) is 0 Å². The monoisotopic (exact) mass is 254 g/mol. The zero-order chi connectivity index (χ0) is 12.8. The molecule has 6 heteroatoms. The highest BCUT2D eigenvalue weighted by atomic mass is 32.2. The number of nitrogens with zero attached hydrogens (tertiary/aromatic N) is 1. The smallest absolute Gasteiger partial charge is 0.255 e. The molecule has 1 unspecified atom stereocenters. The predicted octanol–water partition coefficient (Wildman–Crippen LogP) is 1.16. The number of thioether (sulfide) groups is 1. The third kappa shape index (κ3) is 3.90. The van der Waals surface area contributed by atoms with E-state index in [0.29, 0.717) is 11.3 Å². The van der Waals surface area contributed by atoms with Crippen LogP contribution in [-0.2, 0) is 0 Å². The standard InChI is InChI=1S/C11H18N4OS/c1-7-4-10(15-12)9(5-13-7)11(16)14-8(2)6-17-3/h4-5,8H,6,12H2,1-3H3,(H,13,15)(H,14,16). The third-order valence-corrected chi connectivity index (χ3v) is 3.07. The number of rotatable bonds is 5. The predicted molar refractivity (Wildman–Crippen MR) is 72.1 cm³/mol. The summed E-state index contributed by atoms with van der Waals surface area (Å²) >= 11 is 1.69. The van der Waals surface area contributed by atoms with Crippen LogP contribution in [0.25, 0.3) is 0 Å². The number of hydrogen-bond acceptors (Lipinski definition) is 5. The molecule has 1 amide bonds. The van der Waals surface area contributed by atoms with Crippen molar-refractivity contribution >= 4 is 23.4 Å². The molecular weight excluding hydrogens is 236 g/mol. The molecule has 0 fully saturated rings. The van der Waals surface area contributed by atoms with Gasteiger partial charge in [0.05, 0.1) is 11.3 Å². The van der Waals surface area contributed by atoms with Crippen LogP contribution in [0, 0.1) is 6.92 Å². The summed E-state index contributed by atoms with van der Waals surface area (Å²) in [5.41, 5.74) is 4.38. The Hall–Kier alpha value is -1.27. The SMILES string of the molecule is CSCC(C)NC(=O)c1cnc(C)cc1NN. The second-order valence-corrected chi connectivity index (χ2v) is 4.76. The maximum atomic E-state index is 12.0. The van der Waals surface area contributed by atoms with E-state index in [9.17, 15) is 4.79 Å². The number of amides is 1. The molecule has 4 N–H and O–H groups in total. The summed E-state index contributed by atoms with van der Waals surface area (Å²) in [5, 5.41) is 2.90. The van der Waals surface area contributed by atoms with Crippen molar-refractivity contribution in [3.63, 3.8) is 0 Å².